The van der Waals surface area contributed by atoms with Crippen LogP contribution < -0.4 is 10.5 Å². The average Bonchev–Trinajstić information content (AvgIpc) is 2.40. The van der Waals surface area contributed by atoms with Crippen molar-refractivity contribution in [2.45, 2.75) is 12.5 Å². The molecule has 0 aliphatic carbocycles. The Kier molecular flexibility index (Phi) is 6.36. The minimum absolute atomic E-state index is 0. The SMILES string of the molecule is Cl.N[C@H](CCO)c1cccc(Oc2ccccc2)c1. The van der Waals surface area contributed by atoms with E-state index in [1.807, 2.05) is 54.6 Å². The van der Waals surface area contributed by atoms with Crippen molar-refractivity contribution in [3.05, 3.63) is 60.2 Å². The standard InChI is InChI=1S/C15H17NO2.ClH/c16-15(9-10-17)12-5-4-8-14(11-12)18-13-6-2-1-3-7-13;/h1-8,11,15,17H,9-10,16H2;1H/t15-;/m1./s1. The van der Waals surface area contributed by atoms with Gasteiger partial charge in [0, 0.05) is 12.6 Å². The molecule has 1 atom stereocenters. The molecule has 0 fully saturated rings. The van der Waals surface area contributed by atoms with Gasteiger partial charge in [-0.05, 0) is 36.2 Å². The fraction of sp³-hybridized carbons (Fsp3) is 0.200. The summed E-state index contributed by atoms with van der Waals surface area (Å²) in [5.74, 6) is 1.55. The molecule has 0 spiro atoms. The van der Waals surface area contributed by atoms with Crippen LogP contribution in [0.4, 0.5) is 0 Å². The molecule has 0 unspecified atom stereocenters. The average molecular weight is 280 g/mol. The van der Waals surface area contributed by atoms with Gasteiger partial charge in [-0.1, -0.05) is 30.3 Å². The van der Waals surface area contributed by atoms with Crippen LogP contribution in [0, 0.1) is 0 Å². The molecule has 2 aromatic carbocycles. The van der Waals surface area contributed by atoms with Gasteiger partial charge < -0.3 is 15.6 Å². The molecule has 0 bridgehead atoms. The van der Waals surface area contributed by atoms with Crippen molar-refractivity contribution in [1.29, 1.82) is 0 Å². The third-order valence-corrected chi connectivity index (χ3v) is 2.71. The Balaban J connectivity index is 0.00000180. The molecule has 0 radical (unpaired) electrons. The van der Waals surface area contributed by atoms with E-state index < -0.39 is 0 Å². The number of halogens is 1. The molecule has 0 aliphatic heterocycles. The van der Waals surface area contributed by atoms with Crippen LogP contribution in [0.25, 0.3) is 0 Å². The molecule has 102 valence electrons. The van der Waals surface area contributed by atoms with Gasteiger partial charge in [0.25, 0.3) is 0 Å². The molecule has 0 amide bonds. The van der Waals surface area contributed by atoms with Crippen molar-refractivity contribution in [1.82, 2.24) is 0 Å². The summed E-state index contributed by atoms with van der Waals surface area (Å²) in [6.45, 7) is 0.0882. The Labute approximate surface area is 119 Å². The first-order valence-electron chi connectivity index (χ1n) is 5.99. The Hall–Kier alpha value is -1.55. The minimum Gasteiger partial charge on any atom is -0.457 e. The summed E-state index contributed by atoms with van der Waals surface area (Å²) in [5, 5.41) is 8.89. The number of rotatable bonds is 5. The normalized spacial score (nSPS) is 11.5. The van der Waals surface area contributed by atoms with Crippen molar-refractivity contribution in [3.8, 4) is 11.5 Å². The number of hydrogen-bond donors (Lipinski definition) is 2. The van der Waals surface area contributed by atoms with E-state index in [1.165, 1.54) is 0 Å². The lowest BCUT2D eigenvalue weighted by Crippen LogP contribution is -2.11. The van der Waals surface area contributed by atoms with E-state index in [1.54, 1.807) is 0 Å². The number of nitrogens with two attached hydrogens (primary N) is 1. The molecule has 4 heteroatoms. The topological polar surface area (TPSA) is 55.5 Å². The van der Waals surface area contributed by atoms with Crippen LogP contribution >= 0.6 is 12.4 Å². The molecular weight excluding hydrogens is 262 g/mol. The highest BCUT2D eigenvalue weighted by Crippen LogP contribution is 2.24. The quantitative estimate of drug-likeness (QED) is 0.883. The van der Waals surface area contributed by atoms with E-state index in [9.17, 15) is 0 Å². The van der Waals surface area contributed by atoms with Gasteiger partial charge in [-0.25, -0.2) is 0 Å². The van der Waals surface area contributed by atoms with Crippen molar-refractivity contribution in [3.63, 3.8) is 0 Å². The van der Waals surface area contributed by atoms with Crippen LogP contribution in [0.2, 0.25) is 0 Å². The summed E-state index contributed by atoms with van der Waals surface area (Å²) in [6.07, 6.45) is 0.550. The van der Waals surface area contributed by atoms with Gasteiger partial charge in [-0.3, -0.25) is 0 Å². The molecule has 3 nitrogen and oxygen atoms in total. The van der Waals surface area contributed by atoms with Crippen LogP contribution in [0.15, 0.2) is 54.6 Å². The lowest BCUT2D eigenvalue weighted by atomic mass is 10.1. The fourth-order valence-corrected chi connectivity index (χ4v) is 1.74. The first-order valence-corrected chi connectivity index (χ1v) is 5.99. The van der Waals surface area contributed by atoms with E-state index >= 15 is 0 Å². The van der Waals surface area contributed by atoms with Crippen LogP contribution in [-0.2, 0) is 0 Å². The number of para-hydroxylation sites is 1. The predicted molar refractivity (Wildman–Crippen MR) is 78.8 cm³/mol. The summed E-state index contributed by atoms with van der Waals surface area (Å²) in [5.41, 5.74) is 6.92. The molecule has 0 heterocycles. The molecule has 0 aromatic heterocycles. The largest absolute Gasteiger partial charge is 0.457 e. The van der Waals surface area contributed by atoms with Crippen LogP contribution in [0.1, 0.15) is 18.0 Å². The molecule has 0 saturated heterocycles. The molecule has 2 aromatic rings. The van der Waals surface area contributed by atoms with Crippen LogP contribution in [-0.4, -0.2) is 11.7 Å². The van der Waals surface area contributed by atoms with Gasteiger partial charge in [-0.15, -0.1) is 12.4 Å². The zero-order valence-corrected chi connectivity index (χ0v) is 11.3. The van der Waals surface area contributed by atoms with Gasteiger partial charge in [0.15, 0.2) is 0 Å². The second-order valence-electron chi connectivity index (χ2n) is 4.11. The third-order valence-electron chi connectivity index (χ3n) is 2.71. The van der Waals surface area contributed by atoms with Crippen molar-refractivity contribution >= 4 is 12.4 Å². The zero-order chi connectivity index (χ0) is 12.8. The smallest absolute Gasteiger partial charge is 0.127 e. The maximum atomic E-state index is 8.89. The van der Waals surface area contributed by atoms with Crippen LogP contribution in [0.5, 0.6) is 11.5 Å². The highest BCUT2D eigenvalue weighted by atomic mass is 35.5. The van der Waals surface area contributed by atoms with Crippen molar-refractivity contribution in [2.75, 3.05) is 6.61 Å². The molecular formula is C15H18ClNO2. The van der Waals surface area contributed by atoms with E-state index in [-0.39, 0.29) is 25.1 Å². The third kappa shape index (κ3) is 4.56. The maximum absolute atomic E-state index is 8.89. The van der Waals surface area contributed by atoms with E-state index in [2.05, 4.69) is 0 Å². The Bertz CT molecular complexity index is 491. The number of hydrogen-bond acceptors (Lipinski definition) is 3. The van der Waals surface area contributed by atoms with E-state index in [0.717, 1.165) is 17.1 Å². The van der Waals surface area contributed by atoms with Gasteiger partial charge in [0.2, 0.25) is 0 Å². The summed E-state index contributed by atoms with van der Waals surface area (Å²) in [6, 6.07) is 17.1. The van der Waals surface area contributed by atoms with Gasteiger partial charge >= 0.3 is 0 Å². The second-order valence-corrected chi connectivity index (χ2v) is 4.11. The van der Waals surface area contributed by atoms with Crippen LogP contribution in [0.3, 0.4) is 0 Å². The Morgan fingerprint density at radius 2 is 1.68 bits per heavy atom. The molecule has 0 aliphatic rings. The van der Waals surface area contributed by atoms with Crippen molar-refractivity contribution in [2.24, 2.45) is 5.73 Å². The number of aliphatic hydroxyl groups excluding tert-OH is 1. The van der Waals surface area contributed by atoms with E-state index in [4.69, 9.17) is 15.6 Å². The van der Waals surface area contributed by atoms with Gasteiger partial charge in [0.1, 0.15) is 11.5 Å². The second kappa shape index (κ2) is 7.79. The molecule has 19 heavy (non-hydrogen) atoms. The van der Waals surface area contributed by atoms with Gasteiger partial charge in [-0.2, -0.15) is 0 Å². The Morgan fingerprint density at radius 1 is 1.00 bits per heavy atom. The predicted octanol–water partition coefficient (Wildman–Crippen LogP) is 3.28. The monoisotopic (exact) mass is 279 g/mol. The molecule has 3 N–H and O–H groups in total. The van der Waals surface area contributed by atoms with E-state index in [0.29, 0.717) is 6.42 Å². The summed E-state index contributed by atoms with van der Waals surface area (Å²) >= 11 is 0. The summed E-state index contributed by atoms with van der Waals surface area (Å²) in [7, 11) is 0. The molecule has 2 rings (SSSR count). The lowest BCUT2D eigenvalue weighted by molar-refractivity contribution is 0.276. The first kappa shape index (κ1) is 15.5. The highest BCUT2D eigenvalue weighted by Gasteiger charge is 2.06. The maximum Gasteiger partial charge on any atom is 0.127 e. The fourth-order valence-electron chi connectivity index (χ4n) is 1.74. The number of ether oxygens (including phenoxy) is 1. The lowest BCUT2D eigenvalue weighted by Gasteiger charge is -2.12. The Morgan fingerprint density at radius 3 is 2.37 bits per heavy atom. The number of aliphatic hydroxyl groups is 1. The summed E-state index contributed by atoms with van der Waals surface area (Å²) in [4.78, 5) is 0. The first-order chi connectivity index (χ1) is 8.79. The van der Waals surface area contributed by atoms with Gasteiger partial charge in [0.05, 0.1) is 0 Å². The zero-order valence-electron chi connectivity index (χ0n) is 10.5. The number of benzene rings is 2. The summed E-state index contributed by atoms with van der Waals surface area (Å²) < 4.78 is 5.73. The van der Waals surface area contributed by atoms with Crippen molar-refractivity contribution < 1.29 is 9.84 Å². The minimum atomic E-state index is -0.158. The highest BCUT2D eigenvalue weighted by molar-refractivity contribution is 5.85. The molecule has 0 saturated carbocycles.